The number of unbranched alkanes of at least 4 members (excludes halogenated alkanes) is 2. The van der Waals surface area contributed by atoms with Crippen molar-refractivity contribution >= 4 is 21.7 Å². The molecule has 134 valence electrons. The van der Waals surface area contributed by atoms with E-state index >= 15 is 0 Å². The minimum Gasteiger partial charge on any atom is -0.468 e. The molecule has 3 N–H and O–H groups in total. The van der Waals surface area contributed by atoms with Crippen LogP contribution in [0.2, 0.25) is 0 Å². The number of ether oxygens (including phenoxy) is 1. The van der Waals surface area contributed by atoms with E-state index in [0.717, 1.165) is 32.1 Å². The Morgan fingerprint density at radius 3 is 2.58 bits per heavy atom. The molecule has 0 bridgehead atoms. The summed E-state index contributed by atoms with van der Waals surface area (Å²) in [5, 5.41) is 11.0. The predicted octanol–water partition coefficient (Wildman–Crippen LogP) is 0.934. The highest BCUT2D eigenvalue weighted by atomic mass is 32.2. The van der Waals surface area contributed by atoms with Crippen LogP contribution >= 0.6 is 0 Å². The molecule has 0 aliphatic rings. The number of methoxy groups -OCH3 is 1. The van der Waals surface area contributed by atoms with Gasteiger partial charge in [-0.1, -0.05) is 25.0 Å². The lowest BCUT2D eigenvalue weighted by Gasteiger charge is -2.16. The Morgan fingerprint density at radius 2 is 2.00 bits per heavy atom. The number of esters is 1. The molecule has 24 heavy (non-hydrogen) atoms. The maximum absolute atomic E-state index is 12.4. The third-order valence-corrected chi connectivity index (χ3v) is 4.85. The monoisotopic (exact) mass is 359 g/mol. The van der Waals surface area contributed by atoms with Crippen LogP contribution < -0.4 is 10.5 Å². The molecule has 1 aromatic carbocycles. The molecule has 9 nitrogen and oxygen atoms in total. The Morgan fingerprint density at radius 1 is 1.33 bits per heavy atom. The Labute approximate surface area is 140 Å². The molecule has 0 radical (unpaired) electrons. The third kappa shape index (κ3) is 5.55. The number of nitrogens with zero attached hydrogens (tertiary/aromatic N) is 1. The zero-order valence-electron chi connectivity index (χ0n) is 13.3. The van der Waals surface area contributed by atoms with Crippen molar-refractivity contribution in [2.75, 3.05) is 13.7 Å². The highest BCUT2D eigenvalue weighted by molar-refractivity contribution is 7.89. The zero-order chi connectivity index (χ0) is 18.2. The Hall–Kier alpha value is -2.04. The first-order chi connectivity index (χ1) is 11.3. The van der Waals surface area contributed by atoms with Crippen LogP contribution in [-0.4, -0.2) is 39.0 Å². The molecule has 0 saturated carbocycles. The lowest BCUT2D eigenvalue weighted by Crippen LogP contribution is -2.41. The first-order valence-corrected chi connectivity index (χ1v) is 8.85. The number of nitro groups is 1. The second-order valence-corrected chi connectivity index (χ2v) is 6.74. The van der Waals surface area contributed by atoms with Crippen LogP contribution in [0, 0.1) is 10.1 Å². The molecule has 0 spiro atoms. The van der Waals surface area contributed by atoms with E-state index in [1.807, 2.05) is 0 Å². The highest BCUT2D eigenvalue weighted by Gasteiger charge is 2.30. The first-order valence-electron chi connectivity index (χ1n) is 7.37. The van der Waals surface area contributed by atoms with Gasteiger partial charge >= 0.3 is 5.97 Å². The number of sulfonamides is 1. The standard InChI is InChI=1S/C14H21N3O6S/c1-23-14(18)11(7-3-2-6-10-15)16-24(21,22)13-9-5-4-8-12(13)17(19)20/h4-5,8-9,11,16H,2-3,6-7,10,15H2,1H3. The quantitative estimate of drug-likeness (QED) is 0.274. The third-order valence-electron chi connectivity index (χ3n) is 3.33. The van der Waals surface area contributed by atoms with Gasteiger partial charge in [0.05, 0.1) is 12.0 Å². The maximum atomic E-state index is 12.4. The van der Waals surface area contributed by atoms with E-state index in [1.54, 1.807) is 0 Å². The van der Waals surface area contributed by atoms with Crippen molar-refractivity contribution < 1.29 is 22.9 Å². The molecule has 0 saturated heterocycles. The van der Waals surface area contributed by atoms with E-state index < -0.39 is 37.5 Å². The topological polar surface area (TPSA) is 142 Å². The van der Waals surface area contributed by atoms with E-state index in [-0.39, 0.29) is 6.42 Å². The number of hydrogen-bond acceptors (Lipinski definition) is 7. The Bertz CT molecular complexity index is 677. The Balaban J connectivity index is 2.99. The molecule has 1 rings (SSSR count). The van der Waals surface area contributed by atoms with Crippen LogP contribution in [-0.2, 0) is 19.6 Å². The molecule has 0 heterocycles. The van der Waals surface area contributed by atoms with Crippen LogP contribution in [0.15, 0.2) is 29.2 Å². The summed E-state index contributed by atoms with van der Waals surface area (Å²) in [4.78, 5) is 21.5. The smallest absolute Gasteiger partial charge is 0.323 e. The predicted molar refractivity (Wildman–Crippen MR) is 86.7 cm³/mol. The summed E-state index contributed by atoms with van der Waals surface area (Å²) in [7, 11) is -3.10. The Kier molecular flexibility index (Phi) is 7.75. The number of rotatable bonds is 10. The number of para-hydroxylation sites is 1. The van der Waals surface area contributed by atoms with Gasteiger partial charge in [-0.25, -0.2) is 8.42 Å². The molecule has 1 unspecified atom stereocenters. The van der Waals surface area contributed by atoms with Crippen LogP contribution in [0.25, 0.3) is 0 Å². The SMILES string of the molecule is COC(=O)C(CCCCCN)NS(=O)(=O)c1ccccc1[N+](=O)[O-]. The molecule has 1 aromatic rings. The van der Waals surface area contributed by atoms with Gasteiger partial charge < -0.3 is 10.5 Å². The van der Waals surface area contributed by atoms with Gasteiger partial charge in [-0.2, -0.15) is 4.72 Å². The molecule has 0 aliphatic carbocycles. The molecule has 0 aliphatic heterocycles. The van der Waals surface area contributed by atoms with Crippen LogP contribution in [0.3, 0.4) is 0 Å². The van der Waals surface area contributed by atoms with Gasteiger partial charge in [0.2, 0.25) is 10.0 Å². The maximum Gasteiger partial charge on any atom is 0.323 e. The molecule has 0 amide bonds. The van der Waals surface area contributed by atoms with Gasteiger partial charge in [-0.15, -0.1) is 0 Å². The summed E-state index contributed by atoms with van der Waals surface area (Å²) in [5.74, 6) is -0.745. The van der Waals surface area contributed by atoms with Gasteiger partial charge in [-0.3, -0.25) is 14.9 Å². The van der Waals surface area contributed by atoms with Crippen LogP contribution in [0.4, 0.5) is 5.69 Å². The summed E-state index contributed by atoms with van der Waals surface area (Å²) < 4.78 is 31.7. The first kappa shape index (κ1) is 20.0. The largest absolute Gasteiger partial charge is 0.468 e. The van der Waals surface area contributed by atoms with E-state index in [9.17, 15) is 23.3 Å². The van der Waals surface area contributed by atoms with E-state index in [4.69, 9.17) is 5.73 Å². The summed E-state index contributed by atoms with van der Waals surface area (Å²) in [6.07, 6.45) is 2.27. The fraction of sp³-hybridized carbons (Fsp3) is 0.500. The number of benzene rings is 1. The van der Waals surface area contributed by atoms with Crippen LogP contribution in [0.1, 0.15) is 25.7 Å². The lowest BCUT2D eigenvalue weighted by molar-refractivity contribution is -0.387. The molecule has 0 aromatic heterocycles. The second kappa shape index (κ2) is 9.30. The van der Waals surface area contributed by atoms with Gasteiger partial charge in [0, 0.05) is 6.07 Å². The lowest BCUT2D eigenvalue weighted by atomic mass is 10.1. The summed E-state index contributed by atoms with van der Waals surface area (Å²) >= 11 is 0. The summed E-state index contributed by atoms with van der Waals surface area (Å²) in [6, 6.07) is 3.82. The molecular weight excluding hydrogens is 338 g/mol. The number of nitrogens with one attached hydrogen (secondary N) is 1. The molecule has 10 heteroatoms. The second-order valence-electron chi connectivity index (χ2n) is 5.06. The fourth-order valence-electron chi connectivity index (χ4n) is 2.12. The summed E-state index contributed by atoms with van der Waals surface area (Å²) in [5.41, 5.74) is 4.83. The molecule has 1 atom stereocenters. The van der Waals surface area contributed by atoms with Crippen molar-refractivity contribution in [3.8, 4) is 0 Å². The number of nitrogens with two attached hydrogens (primary N) is 1. The van der Waals surface area contributed by atoms with Crippen molar-refractivity contribution in [2.45, 2.75) is 36.6 Å². The van der Waals surface area contributed by atoms with Crippen molar-refractivity contribution in [1.29, 1.82) is 0 Å². The number of carbonyl (C=O) groups excluding carboxylic acids is 1. The van der Waals surface area contributed by atoms with Gasteiger partial charge in [0.15, 0.2) is 4.90 Å². The van der Waals surface area contributed by atoms with Gasteiger partial charge in [0.25, 0.3) is 5.69 Å². The van der Waals surface area contributed by atoms with Crippen LogP contribution in [0.5, 0.6) is 0 Å². The van der Waals surface area contributed by atoms with E-state index in [1.165, 1.54) is 12.1 Å². The van der Waals surface area contributed by atoms with Crippen molar-refractivity contribution in [3.05, 3.63) is 34.4 Å². The number of nitro benzene ring substituents is 1. The number of carbonyl (C=O) groups is 1. The van der Waals surface area contributed by atoms with Crippen molar-refractivity contribution in [2.24, 2.45) is 5.73 Å². The minimum absolute atomic E-state index is 0.215. The van der Waals surface area contributed by atoms with Gasteiger partial charge in [-0.05, 0) is 25.5 Å². The van der Waals surface area contributed by atoms with E-state index in [0.29, 0.717) is 13.0 Å². The normalized spacial score (nSPS) is 12.6. The zero-order valence-corrected chi connectivity index (χ0v) is 14.1. The van der Waals surface area contributed by atoms with E-state index in [2.05, 4.69) is 9.46 Å². The average molecular weight is 359 g/mol. The fourth-order valence-corrected chi connectivity index (χ4v) is 3.51. The van der Waals surface area contributed by atoms with Gasteiger partial charge in [0.1, 0.15) is 6.04 Å². The summed E-state index contributed by atoms with van der Waals surface area (Å²) in [6.45, 7) is 0.505. The highest BCUT2D eigenvalue weighted by Crippen LogP contribution is 2.23. The molecule has 0 fully saturated rings. The van der Waals surface area contributed by atoms with Crippen molar-refractivity contribution in [1.82, 2.24) is 4.72 Å². The minimum atomic E-state index is -4.25. The number of hydrogen-bond donors (Lipinski definition) is 2. The van der Waals surface area contributed by atoms with Crippen molar-refractivity contribution in [3.63, 3.8) is 0 Å². The average Bonchev–Trinajstić information content (AvgIpc) is 2.56. The molecular formula is C14H21N3O6S.